The minimum Gasteiger partial charge on any atom is -0.407 e. The van der Waals surface area contributed by atoms with Gasteiger partial charge in [-0.25, -0.2) is 18.7 Å². The van der Waals surface area contributed by atoms with Gasteiger partial charge >= 0.3 is 5.76 Å². The number of hydrogen-bond donors (Lipinski definition) is 0. The monoisotopic (exact) mass is 312 g/mol. The average molecular weight is 312 g/mol. The highest BCUT2D eigenvalue weighted by Gasteiger charge is 2.19. The number of rotatable bonds is 2. The Kier molecular flexibility index (Phi) is 2.90. The number of nitrogens with zero attached hydrogens (tertiary/aromatic N) is 2. The second kappa shape index (κ2) is 4.92. The van der Waals surface area contributed by atoms with Crippen LogP contribution in [0.25, 0.3) is 28.0 Å². The van der Waals surface area contributed by atoms with Gasteiger partial charge in [0.05, 0.1) is 16.6 Å². The van der Waals surface area contributed by atoms with Crippen LogP contribution < -0.4 is 5.76 Å². The molecule has 2 aromatic carbocycles. The first-order valence-electron chi connectivity index (χ1n) is 6.54. The third-order valence-electron chi connectivity index (χ3n) is 3.41. The summed E-state index contributed by atoms with van der Waals surface area (Å²) >= 11 is 1.37. The lowest BCUT2D eigenvalue weighted by molar-refractivity contribution is 0.537. The first-order valence-corrected chi connectivity index (χ1v) is 7.48. The summed E-state index contributed by atoms with van der Waals surface area (Å²) in [6.45, 7) is 0. The molecule has 4 rings (SSSR count). The molecule has 0 spiro atoms. The van der Waals surface area contributed by atoms with Gasteiger partial charge in [-0.05, 0) is 17.7 Å². The molecule has 22 heavy (non-hydrogen) atoms. The molecule has 0 fully saturated rings. The largest absolute Gasteiger partial charge is 0.425 e. The zero-order valence-electron chi connectivity index (χ0n) is 11.2. The maximum atomic E-state index is 14.3. The Bertz CT molecular complexity index is 1000. The van der Waals surface area contributed by atoms with E-state index in [1.54, 1.807) is 23.0 Å². The molecular formula is C16H9FN2O2S. The van der Waals surface area contributed by atoms with E-state index in [-0.39, 0.29) is 11.1 Å². The van der Waals surface area contributed by atoms with Crippen molar-refractivity contribution in [3.8, 4) is 16.9 Å². The van der Waals surface area contributed by atoms with E-state index in [2.05, 4.69) is 4.98 Å². The molecule has 0 amide bonds. The van der Waals surface area contributed by atoms with Crippen LogP contribution in [0.1, 0.15) is 0 Å². The van der Waals surface area contributed by atoms with E-state index in [0.29, 0.717) is 16.9 Å². The summed E-state index contributed by atoms with van der Waals surface area (Å²) < 4.78 is 21.0. The molecule has 6 heteroatoms. The highest BCUT2D eigenvalue weighted by molar-refractivity contribution is 7.07. The second-order valence-electron chi connectivity index (χ2n) is 4.69. The lowest BCUT2D eigenvalue weighted by atomic mass is 10.0. The van der Waals surface area contributed by atoms with Gasteiger partial charge in [0.2, 0.25) is 0 Å². The Morgan fingerprint density at radius 2 is 1.95 bits per heavy atom. The van der Waals surface area contributed by atoms with Crippen LogP contribution in [0.15, 0.2) is 62.6 Å². The quantitative estimate of drug-likeness (QED) is 0.565. The molecule has 4 aromatic rings. The van der Waals surface area contributed by atoms with E-state index >= 15 is 0 Å². The predicted octanol–water partition coefficient (Wildman–Crippen LogP) is 3.85. The summed E-state index contributed by atoms with van der Waals surface area (Å²) in [6.07, 6.45) is 0. The summed E-state index contributed by atoms with van der Waals surface area (Å²) in [6, 6.07) is 11.9. The van der Waals surface area contributed by atoms with Crippen molar-refractivity contribution in [2.24, 2.45) is 0 Å². The van der Waals surface area contributed by atoms with Gasteiger partial charge < -0.3 is 4.42 Å². The smallest absolute Gasteiger partial charge is 0.407 e. The van der Waals surface area contributed by atoms with Crippen LogP contribution in [0.3, 0.4) is 0 Å². The lowest BCUT2D eigenvalue weighted by Crippen LogP contribution is -2.11. The van der Waals surface area contributed by atoms with Crippen LogP contribution in [0, 0.1) is 5.82 Å². The second-order valence-corrected chi connectivity index (χ2v) is 5.41. The number of hydrogen-bond acceptors (Lipinski definition) is 4. The third kappa shape index (κ3) is 1.88. The first kappa shape index (κ1) is 13.0. The van der Waals surface area contributed by atoms with E-state index in [1.807, 2.05) is 18.2 Å². The molecule has 0 saturated heterocycles. The Balaban J connectivity index is 2.10. The molecule has 0 aliphatic rings. The Hall–Kier alpha value is -2.73. The zero-order valence-corrected chi connectivity index (χ0v) is 12.0. The van der Waals surface area contributed by atoms with Crippen molar-refractivity contribution in [3.63, 3.8) is 0 Å². The molecule has 0 aliphatic carbocycles. The van der Waals surface area contributed by atoms with Crippen LogP contribution in [0.2, 0.25) is 0 Å². The maximum absolute atomic E-state index is 14.3. The van der Waals surface area contributed by atoms with Crippen molar-refractivity contribution in [2.75, 3.05) is 0 Å². The molecule has 0 bridgehead atoms. The van der Waals surface area contributed by atoms with Crippen molar-refractivity contribution >= 4 is 22.4 Å². The summed E-state index contributed by atoms with van der Waals surface area (Å²) in [5, 5.41) is 1.74. The SMILES string of the molecule is O=c1oc2c(-c3ccccc3)c(F)ccc2n1-c1cscn1. The van der Waals surface area contributed by atoms with E-state index in [1.165, 1.54) is 28.0 Å². The summed E-state index contributed by atoms with van der Waals surface area (Å²) in [5.74, 6) is -0.541. The lowest BCUT2D eigenvalue weighted by Gasteiger charge is -2.04. The van der Waals surface area contributed by atoms with Crippen LogP contribution in [0.4, 0.5) is 4.39 Å². The topological polar surface area (TPSA) is 48.0 Å². The Labute approximate surface area is 128 Å². The molecule has 0 N–H and O–H groups in total. The molecule has 2 aromatic heterocycles. The molecule has 0 aliphatic heterocycles. The number of halogens is 1. The third-order valence-corrected chi connectivity index (χ3v) is 3.98. The number of thiazole rings is 1. The number of oxazole rings is 1. The average Bonchev–Trinajstić information content (AvgIpc) is 3.14. The molecular weight excluding hydrogens is 303 g/mol. The maximum Gasteiger partial charge on any atom is 0.425 e. The van der Waals surface area contributed by atoms with Crippen molar-refractivity contribution in [1.82, 2.24) is 9.55 Å². The number of fused-ring (bicyclic) bond motifs is 1. The van der Waals surface area contributed by atoms with Gasteiger partial charge in [-0.2, -0.15) is 0 Å². The standard InChI is InChI=1S/C16H9FN2O2S/c17-11-6-7-12-15(14(11)10-4-2-1-3-5-10)21-16(20)19(12)13-8-22-9-18-13/h1-9H. The number of benzene rings is 2. The van der Waals surface area contributed by atoms with E-state index < -0.39 is 11.6 Å². The van der Waals surface area contributed by atoms with Crippen molar-refractivity contribution in [1.29, 1.82) is 0 Å². The fourth-order valence-electron chi connectivity index (χ4n) is 2.47. The van der Waals surface area contributed by atoms with Gasteiger partial charge in [0, 0.05) is 5.38 Å². The van der Waals surface area contributed by atoms with Gasteiger partial charge in [-0.1, -0.05) is 30.3 Å². The minimum atomic E-state index is -0.580. The number of aromatic nitrogens is 2. The fraction of sp³-hybridized carbons (Fsp3) is 0. The summed E-state index contributed by atoms with van der Waals surface area (Å²) in [7, 11) is 0. The van der Waals surface area contributed by atoms with Crippen molar-refractivity contribution in [2.45, 2.75) is 0 Å². The van der Waals surface area contributed by atoms with E-state index in [4.69, 9.17) is 4.42 Å². The van der Waals surface area contributed by atoms with Gasteiger partial charge in [0.25, 0.3) is 0 Å². The molecule has 0 atom stereocenters. The van der Waals surface area contributed by atoms with Crippen LogP contribution in [0.5, 0.6) is 0 Å². The Morgan fingerprint density at radius 1 is 1.14 bits per heavy atom. The molecule has 0 unspecified atom stereocenters. The van der Waals surface area contributed by atoms with E-state index in [0.717, 1.165) is 0 Å². The van der Waals surface area contributed by atoms with Gasteiger partial charge in [-0.3, -0.25) is 0 Å². The molecule has 108 valence electrons. The van der Waals surface area contributed by atoms with Crippen LogP contribution >= 0.6 is 11.3 Å². The highest BCUT2D eigenvalue weighted by Crippen LogP contribution is 2.31. The van der Waals surface area contributed by atoms with E-state index in [9.17, 15) is 9.18 Å². The van der Waals surface area contributed by atoms with Crippen molar-refractivity contribution < 1.29 is 8.81 Å². The van der Waals surface area contributed by atoms with Gasteiger partial charge in [-0.15, -0.1) is 11.3 Å². The van der Waals surface area contributed by atoms with Gasteiger partial charge in [0.15, 0.2) is 11.4 Å². The summed E-state index contributed by atoms with van der Waals surface area (Å²) in [5.41, 5.74) is 3.29. The Morgan fingerprint density at radius 3 is 2.68 bits per heavy atom. The molecule has 0 radical (unpaired) electrons. The highest BCUT2D eigenvalue weighted by atomic mass is 32.1. The zero-order chi connectivity index (χ0) is 15.1. The molecule has 2 heterocycles. The molecule has 4 nitrogen and oxygen atoms in total. The minimum absolute atomic E-state index is 0.226. The van der Waals surface area contributed by atoms with Crippen LogP contribution in [-0.4, -0.2) is 9.55 Å². The fourth-order valence-corrected chi connectivity index (χ4v) is 2.98. The van der Waals surface area contributed by atoms with Crippen LogP contribution in [-0.2, 0) is 0 Å². The van der Waals surface area contributed by atoms with Gasteiger partial charge in [0.1, 0.15) is 5.82 Å². The predicted molar refractivity (Wildman–Crippen MR) is 82.9 cm³/mol. The first-order chi connectivity index (χ1) is 10.8. The summed E-state index contributed by atoms with van der Waals surface area (Å²) in [4.78, 5) is 16.3. The normalized spacial score (nSPS) is 11.1. The molecule has 0 saturated carbocycles. The van der Waals surface area contributed by atoms with Crippen molar-refractivity contribution in [3.05, 3.63) is 69.7 Å².